The second kappa shape index (κ2) is 5.83. The molecule has 9 heavy (non-hydrogen) atoms. The third kappa shape index (κ3) is 4.22. The Morgan fingerprint density at radius 2 is 2.33 bits per heavy atom. The van der Waals surface area contributed by atoms with Gasteiger partial charge in [0.2, 0.25) is 0 Å². The average Bonchev–Trinajstić information content (AvgIpc) is 1.91. The molecule has 1 atom stereocenters. The van der Waals surface area contributed by atoms with Crippen molar-refractivity contribution < 1.29 is 4.79 Å². The fourth-order valence-corrected chi connectivity index (χ4v) is 0.648. The van der Waals surface area contributed by atoms with Crippen molar-refractivity contribution in [3.8, 4) is 0 Å². The molecule has 0 radical (unpaired) electrons. The Balaban J connectivity index is 3.42. The van der Waals surface area contributed by atoms with Gasteiger partial charge in [0, 0.05) is 11.5 Å². The van der Waals surface area contributed by atoms with E-state index in [0.29, 0.717) is 0 Å². The first-order valence-corrected chi connectivity index (χ1v) is 3.49. The topological polar surface area (TPSA) is 17.1 Å². The number of hydrogen-bond acceptors (Lipinski definition) is 1. The molecule has 52 valence electrons. The summed E-state index contributed by atoms with van der Waals surface area (Å²) < 4.78 is 0. The summed E-state index contributed by atoms with van der Waals surface area (Å²) in [6.45, 7) is 1.99. The monoisotopic (exact) mass is 146 g/mol. The molecule has 0 saturated carbocycles. The van der Waals surface area contributed by atoms with Crippen molar-refractivity contribution in [3.63, 3.8) is 0 Å². The van der Waals surface area contributed by atoms with E-state index >= 15 is 0 Å². The predicted molar refractivity (Wildman–Crippen MR) is 39.5 cm³/mol. The number of rotatable bonds is 4. The first-order chi connectivity index (χ1) is 4.35. The Kier molecular flexibility index (Phi) is 5.64. The van der Waals surface area contributed by atoms with Crippen molar-refractivity contribution in [2.75, 3.05) is 0 Å². The number of carbonyl (C=O) groups is 1. The Bertz CT molecular complexity index is 99.1. The first-order valence-electron chi connectivity index (χ1n) is 3.05. The van der Waals surface area contributed by atoms with E-state index in [2.05, 4.69) is 0 Å². The number of aldehydes is 1. The minimum Gasteiger partial charge on any atom is -0.303 e. The lowest BCUT2D eigenvalue weighted by Crippen LogP contribution is -1.96. The van der Waals surface area contributed by atoms with Crippen LogP contribution in [0.4, 0.5) is 0 Å². The van der Waals surface area contributed by atoms with Crippen molar-refractivity contribution in [1.29, 1.82) is 0 Å². The van der Waals surface area contributed by atoms with Crippen LogP contribution in [0.25, 0.3) is 0 Å². The average molecular weight is 147 g/mol. The molecule has 0 aliphatic rings. The lowest BCUT2D eigenvalue weighted by atomic mass is 10.1. The van der Waals surface area contributed by atoms with Gasteiger partial charge < -0.3 is 4.79 Å². The Hall–Kier alpha value is -0.300. The van der Waals surface area contributed by atoms with Gasteiger partial charge in [0.25, 0.3) is 0 Å². The Morgan fingerprint density at radius 3 is 2.67 bits per heavy atom. The third-order valence-corrected chi connectivity index (χ3v) is 1.42. The molecule has 0 fully saturated rings. The van der Waals surface area contributed by atoms with Gasteiger partial charge in [0.1, 0.15) is 6.29 Å². The molecule has 0 amide bonds. The zero-order valence-electron chi connectivity index (χ0n) is 5.51. The van der Waals surface area contributed by atoms with E-state index in [1.54, 1.807) is 6.08 Å². The predicted octanol–water partition coefficient (Wildman–Crippen LogP) is 2.35. The molecule has 0 aromatic carbocycles. The summed E-state index contributed by atoms with van der Waals surface area (Å²) in [5.74, 6) is 0.153. The molecule has 0 saturated heterocycles. The fourth-order valence-electron chi connectivity index (χ4n) is 0.545. The summed E-state index contributed by atoms with van der Waals surface area (Å²) in [6, 6.07) is 0. The normalized spacial score (nSPS) is 14.0. The molecule has 0 aromatic rings. The maximum Gasteiger partial charge on any atom is 0.123 e. The van der Waals surface area contributed by atoms with Crippen molar-refractivity contribution >= 4 is 17.9 Å². The molecule has 0 heterocycles. The zero-order chi connectivity index (χ0) is 7.11. The molecule has 1 unspecified atom stereocenters. The van der Waals surface area contributed by atoms with E-state index in [4.69, 9.17) is 11.6 Å². The van der Waals surface area contributed by atoms with E-state index in [-0.39, 0.29) is 5.92 Å². The van der Waals surface area contributed by atoms with Crippen LogP contribution in [0.1, 0.15) is 19.8 Å². The highest BCUT2D eigenvalue weighted by molar-refractivity contribution is 6.25. The minimum absolute atomic E-state index is 0.153. The smallest absolute Gasteiger partial charge is 0.123 e. The van der Waals surface area contributed by atoms with E-state index in [1.807, 2.05) is 6.92 Å². The van der Waals surface area contributed by atoms with Gasteiger partial charge in [-0.3, -0.25) is 0 Å². The Morgan fingerprint density at radius 1 is 1.67 bits per heavy atom. The van der Waals surface area contributed by atoms with Crippen molar-refractivity contribution in [2.45, 2.75) is 19.8 Å². The summed E-state index contributed by atoms with van der Waals surface area (Å²) in [6.07, 6.45) is 4.43. The molecule has 0 aliphatic carbocycles. The quantitative estimate of drug-likeness (QED) is 0.557. The maximum absolute atomic E-state index is 10.2. The van der Waals surface area contributed by atoms with Gasteiger partial charge >= 0.3 is 0 Å². The van der Waals surface area contributed by atoms with E-state index in [9.17, 15) is 4.79 Å². The van der Waals surface area contributed by atoms with Crippen LogP contribution in [0.5, 0.6) is 0 Å². The van der Waals surface area contributed by atoms with Gasteiger partial charge in [-0.05, 0) is 12.8 Å². The van der Waals surface area contributed by atoms with Crippen LogP contribution in [-0.4, -0.2) is 6.29 Å². The number of carbonyl (C=O) groups excluding carboxylic acids is 1. The van der Waals surface area contributed by atoms with Crippen LogP contribution in [-0.2, 0) is 4.79 Å². The molecule has 0 aromatic heterocycles. The number of hydrogen-bond donors (Lipinski definition) is 0. The van der Waals surface area contributed by atoms with Gasteiger partial charge in [-0.25, -0.2) is 0 Å². The highest BCUT2D eigenvalue weighted by Crippen LogP contribution is 2.04. The fraction of sp³-hybridized carbons (Fsp3) is 0.571. The molecule has 0 bridgehead atoms. The standard InChI is InChI=1S/C7H11ClO/c1-2-7(6-9)4-3-5-8/h3,5-7H,2,4H2,1H3. The summed E-state index contributed by atoms with van der Waals surface area (Å²) in [7, 11) is 0. The number of allylic oxidation sites excluding steroid dienone is 1. The van der Waals surface area contributed by atoms with Crippen LogP contribution in [0.3, 0.4) is 0 Å². The summed E-state index contributed by atoms with van der Waals surface area (Å²) >= 11 is 5.26. The summed E-state index contributed by atoms with van der Waals surface area (Å²) in [5, 5.41) is 0. The highest BCUT2D eigenvalue weighted by Gasteiger charge is 1.98. The van der Waals surface area contributed by atoms with Gasteiger partial charge in [-0.2, -0.15) is 0 Å². The van der Waals surface area contributed by atoms with Crippen LogP contribution in [0, 0.1) is 5.92 Å². The molecular formula is C7H11ClO. The van der Waals surface area contributed by atoms with Crippen LogP contribution in [0.2, 0.25) is 0 Å². The molecular weight excluding hydrogens is 136 g/mol. The molecule has 0 rings (SSSR count). The molecule has 0 spiro atoms. The van der Waals surface area contributed by atoms with Crippen molar-refractivity contribution in [1.82, 2.24) is 0 Å². The molecule has 2 heteroatoms. The third-order valence-electron chi connectivity index (χ3n) is 1.24. The highest BCUT2D eigenvalue weighted by atomic mass is 35.5. The second-order valence-electron chi connectivity index (χ2n) is 1.90. The summed E-state index contributed by atoms with van der Waals surface area (Å²) in [4.78, 5) is 10.2. The van der Waals surface area contributed by atoms with Crippen LogP contribution >= 0.6 is 11.6 Å². The van der Waals surface area contributed by atoms with E-state index in [1.165, 1.54) is 5.54 Å². The van der Waals surface area contributed by atoms with Crippen molar-refractivity contribution in [3.05, 3.63) is 11.6 Å². The minimum atomic E-state index is 0.153. The van der Waals surface area contributed by atoms with E-state index < -0.39 is 0 Å². The van der Waals surface area contributed by atoms with Crippen LogP contribution < -0.4 is 0 Å². The van der Waals surface area contributed by atoms with Gasteiger partial charge in [-0.15, -0.1) is 0 Å². The largest absolute Gasteiger partial charge is 0.303 e. The second-order valence-corrected chi connectivity index (χ2v) is 2.15. The van der Waals surface area contributed by atoms with Gasteiger partial charge in [0.05, 0.1) is 0 Å². The zero-order valence-corrected chi connectivity index (χ0v) is 6.27. The molecule has 0 N–H and O–H groups in total. The Labute approximate surface area is 60.7 Å². The van der Waals surface area contributed by atoms with Crippen LogP contribution in [0.15, 0.2) is 11.6 Å². The van der Waals surface area contributed by atoms with Gasteiger partial charge in [-0.1, -0.05) is 24.6 Å². The van der Waals surface area contributed by atoms with Crippen molar-refractivity contribution in [2.24, 2.45) is 5.92 Å². The first kappa shape index (κ1) is 8.70. The number of halogens is 1. The molecule has 1 nitrogen and oxygen atoms in total. The lowest BCUT2D eigenvalue weighted by molar-refractivity contribution is -0.111. The SMILES string of the molecule is CCC(C=O)CC=CCl. The van der Waals surface area contributed by atoms with E-state index in [0.717, 1.165) is 19.1 Å². The lowest BCUT2D eigenvalue weighted by Gasteiger charge is -1.99. The van der Waals surface area contributed by atoms with Gasteiger partial charge in [0.15, 0.2) is 0 Å². The maximum atomic E-state index is 10.2. The summed E-state index contributed by atoms with van der Waals surface area (Å²) in [5.41, 5.74) is 1.45. The molecule has 0 aliphatic heterocycles.